The number of phosphoric acid groups is 1. The average molecular weight is 941 g/mol. The number of unbranched alkanes of at least 4 members (excludes halogenated alkanes) is 33. The third-order valence-corrected chi connectivity index (χ3v) is 13.2. The van der Waals surface area contributed by atoms with E-state index in [1.807, 2.05) is 21.1 Å². The van der Waals surface area contributed by atoms with Crippen molar-refractivity contribution in [3.05, 3.63) is 24.3 Å². The molecule has 9 nitrogen and oxygen atoms in total. The van der Waals surface area contributed by atoms with E-state index < -0.39 is 26.5 Å². The lowest BCUT2D eigenvalue weighted by molar-refractivity contribution is -0.870. The fourth-order valence-electron chi connectivity index (χ4n) is 7.93. The van der Waals surface area contributed by atoms with Gasteiger partial charge in [0, 0.05) is 12.8 Å². The van der Waals surface area contributed by atoms with Crippen molar-refractivity contribution >= 4 is 19.8 Å². The average Bonchev–Trinajstić information content (AvgIpc) is 3.26. The van der Waals surface area contributed by atoms with Crippen molar-refractivity contribution in [2.45, 2.75) is 270 Å². The minimum Gasteiger partial charge on any atom is -0.462 e. The molecule has 0 radical (unpaired) electrons. The number of phosphoric ester groups is 1. The Hall–Kier alpha value is -1.51. The van der Waals surface area contributed by atoms with Gasteiger partial charge in [0.05, 0.1) is 27.7 Å². The van der Waals surface area contributed by atoms with Gasteiger partial charge in [-0.15, -0.1) is 0 Å². The molecule has 0 fully saturated rings. The van der Waals surface area contributed by atoms with E-state index in [0.29, 0.717) is 23.9 Å². The van der Waals surface area contributed by atoms with Crippen LogP contribution in [0.2, 0.25) is 0 Å². The lowest BCUT2D eigenvalue weighted by Crippen LogP contribution is -2.37. The van der Waals surface area contributed by atoms with Crippen LogP contribution in [0.3, 0.4) is 0 Å². The number of quaternary nitrogens is 1. The summed E-state index contributed by atoms with van der Waals surface area (Å²) in [4.78, 5) is 35.6. The van der Waals surface area contributed by atoms with Crippen LogP contribution < -0.4 is 0 Å². The molecule has 2 atom stereocenters. The highest BCUT2D eigenvalue weighted by Crippen LogP contribution is 2.43. The van der Waals surface area contributed by atoms with E-state index in [2.05, 4.69) is 38.2 Å². The second kappa shape index (κ2) is 47.6. The quantitative estimate of drug-likeness (QED) is 0.0211. The molecule has 65 heavy (non-hydrogen) atoms. The van der Waals surface area contributed by atoms with E-state index in [1.165, 1.54) is 186 Å². The van der Waals surface area contributed by atoms with Gasteiger partial charge in [0.2, 0.25) is 0 Å². The number of carbonyl (C=O) groups excluding carboxylic acids is 2. The monoisotopic (exact) mass is 941 g/mol. The lowest BCUT2D eigenvalue weighted by atomic mass is 10.0. The fourth-order valence-corrected chi connectivity index (χ4v) is 8.67. The zero-order chi connectivity index (χ0) is 47.8. The number of ether oxygens (including phenoxy) is 2. The summed E-state index contributed by atoms with van der Waals surface area (Å²) in [6.45, 7) is 4.45. The predicted octanol–water partition coefficient (Wildman–Crippen LogP) is 16.6. The number of hydrogen-bond acceptors (Lipinski definition) is 7. The van der Waals surface area contributed by atoms with Crippen molar-refractivity contribution in [3.63, 3.8) is 0 Å². The lowest BCUT2D eigenvalue weighted by Gasteiger charge is -2.24. The van der Waals surface area contributed by atoms with Crippen LogP contribution in [0.15, 0.2) is 24.3 Å². The Morgan fingerprint density at radius 1 is 0.477 bits per heavy atom. The number of nitrogens with zero attached hydrogens (tertiary/aromatic N) is 1. The molecule has 0 aliphatic heterocycles. The zero-order valence-electron chi connectivity index (χ0n) is 43.5. The summed E-state index contributed by atoms with van der Waals surface area (Å²) in [6, 6.07) is 0. The van der Waals surface area contributed by atoms with Crippen molar-refractivity contribution < 1.29 is 42.1 Å². The number of allylic oxidation sites excluding steroid dienone is 4. The Morgan fingerprint density at radius 3 is 1.25 bits per heavy atom. The summed E-state index contributed by atoms with van der Waals surface area (Å²) in [5.74, 6) is -0.788. The molecular weight excluding hydrogens is 834 g/mol. The predicted molar refractivity (Wildman–Crippen MR) is 275 cm³/mol. The summed E-state index contributed by atoms with van der Waals surface area (Å²) in [5, 5.41) is 0. The van der Waals surface area contributed by atoms with E-state index in [-0.39, 0.29) is 25.6 Å². The van der Waals surface area contributed by atoms with Crippen LogP contribution in [-0.2, 0) is 32.7 Å². The highest BCUT2D eigenvalue weighted by atomic mass is 31.2. The van der Waals surface area contributed by atoms with Gasteiger partial charge < -0.3 is 18.9 Å². The second-order valence-corrected chi connectivity index (χ2v) is 21.4. The van der Waals surface area contributed by atoms with Crippen molar-refractivity contribution in [1.82, 2.24) is 0 Å². The van der Waals surface area contributed by atoms with Crippen molar-refractivity contribution in [3.8, 4) is 0 Å². The number of carbonyl (C=O) groups is 2. The van der Waals surface area contributed by atoms with Gasteiger partial charge in [-0.1, -0.05) is 231 Å². The molecule has 0 aliphatic rings. The molecule has 0 saturated heterocycles. The summed E-state index contributed by atoms with van der Waals surface area (Å²) < 4.78 is 34.5. The van der Waals surface area contributed by atoms with Gasteiger partial charge in [0.15, 0.2) is 6.10 Å². The highest BCUT2D eigenvalue weighted by Gasteiger charge is 2.27. The van der Waals surface area contributed by atoms with Gasteiger partial charge in [-0.05, 0) is 44.9 Å². The maximum absolute atomic E-state index is 12.8. The minimum absolute atomic E-state index is 0.0332. The summed E-state index contributed by atoms with van der Waals surface area (Å²) in [7, 11) is 1.49. The normalized spacial score (nSPS) is 13.5. The van der Waals surface area contributed by atoms with Crippen molar-refractivity contribution in [1.29, 1.82) is 0 Å². The standard InChI is InChI=1S/C55H106NO8P/c1-6-8-10-12-14-16-18-20-22-24-26-27-28-30-31-33-35-37-39-41-43-45-47-54(57)61-51-53(52-63-65(59,60)62-50-49-56(3,4)5)64-55(58)48-46-44-42-40-38-36-34-32-29-25-23-21-19-17-15-13-11-9-7-2/h15,17,21,23,53H,6-14,16,18-20,22,24-52H2,1-5H3/p+1/b17-15-,23-21-. The molecule has 0 amide bonds. The largest absolute Gasteiger partial charge is 0.472 e. The molecule has 1 N–H and O–H groups in total. The Morgan fingerprint density at radius 2 is 0.831 bits per heavy atom. The first-order valence-electron chi connectivity index (χ1n) is 27.6. The van der Waals surface area contributed by atoms with Gasteiger partial charge in [-0.2, -0.15) is 0 Å². The first kappa shape index (κ1) is 63.5. The zero-order valence-corrected chi connectivity index (χ0v) is 44.4. The minimum atomic E-state index is -4.38. The molecule has 10 heteroatoms. The number of hydrogen-bond donors (Lipinski definition) is 1. The van der Waals surface area contributed by atoms with Gasteiger partial charge in [-0.3, -0.25) is 18.6 Å². The maximum atomic E-state index is 12.8. The smallest absolute Gasteiger partial charge is 0.462 e. The third kappa shape index (κ3) is 51.7. The van der Waals surface area contributed by atoms with Crippen LogP contribution in [0.4, 0.5) is 0 Å². The van der Waals surface area contributed by atoms with Crippen LogP contribution in [0.25, 0.3) is 0 Å². The van der Waals surface area contributed by atoms with E-state index in [4.69, 9.17) is 18.5 Å². The van der Waals surface area contributed by atoms with Crippen molar-refractivity contribution in [2.75, 3.05) is 47.5 Å². The Balaban J connectivity index is 4.17. The van der Waals surface area contributed by atoms with Crippen LogP contribution in [-0.4, -0.2) is 74.9 Å². The number of likely N-dealkylation sites (N-methyl/N-ethyl adjacent to an activating group) is 1. The van der Waals surface area contributed by atoms with Crippen LogP contribution >= 0.6 is 7.82 Å². The molecule has 0 aliphatic carbocycles. The Labute approximate surface area is 402 Å². The third-order valence-electron chi connectivity index (χ3n) is 12.2. The Kier molecular flexibility index (Phi) is 46.4. The van der Waals surface area contributed by atoms with Crippen LogP contribution in [0, 0.1) is 0 Å². The summed E-state index contributed by atoms with van der Waals surface area (Å²) >= 11 is 0. The first-order chi connectivity index (χ1) is 31.5. The number of esters is 2. The van der Waals surface area contributed by atoms with Crippen LogP contribution in [0.1, 0.15) is 264 Å². The molecule has 0 bridgehead atoms. The van der Waals surface area contributed by atoms with E-state index in [0.717, 1.165) is 44.9 Å². The molecule has 0 aromatic carbocycles. The molecule has 384 valence electrons. The molecule has 0 heterocycles. The topological polar surface area (TPSA) is 108 Å². The van der Waals surface area contributed by atoms with Gasteiger partial charge in [0.1, 0.15) is 19.8 Å². The molecular formula is C55H107NO8P+. The van der Waals surface area contributed by atoms with Gasteiger partial charge >= 0.3 is 19.8 Å². The first-order valence-corrected chi connectivity index (χ1v) is 29.1. The van der Waals surface area contributed by atoms with E-state index >= 15 is 0 Å². The molecule has 0 saturated carbocycles. The molecule has 0 spiro atoms. The highest BCUT2D eigenvalue weighted by molar-refractivity contribution is 7.47. The molecule has 0 aromatic rings. The molecule has 0 rings (SSSR count). The van der Waals surface area contributed by atoms with E-state index in [1.54, 1.807) is 0 Å². The fraction of sp³-hybridized carbons (Fsp3) is 0.891. The maximum Gasteiger partial charge on any atom is 0.472 e. The second-order valence-electron chi connectivity index (χ2n) is 20.0. The summed E-state index contributed by atoms with van der Waals surface area (Å²) in [6.07, 6.45) is 55.2. The molecule has 0 aromatic heterocycles. The number of rotatable bonds is 51. The van der Waals surface area contributed by atoms with Gasteiger partial charge in [0.25, 0.3) is 0 Å². The SMILES string of the molecule is CCCCC/C=C\C/C=C\CCCCCCCCCCCC(=O)OC(COC(=O)CCCCCCCCCCCCCCCCCCCCCCCC)COP(=O)(O)OCC[N+](C)(C)C. The Bertz CT molecular complexity index is 1150. The van der Waals surface area contributed by atoms with E-state index in [9.17, 15) is 19.0 Å². The van der Waals surface area contributed by atoms with Crippen molar-refractivity contribution in [2.24, 2.45) is 0 Å². The molecule has 2 unspecified atom stereocenters. The van der Waals surface area contributed by atoms with Gasteiger partial charge in [-0.25, -0.2) is 4.57 Å². The van der Waals surface area contributed by atoms with Crippen LogP contribution in [0.5, 0.6) is 0 Å². The summed E-state index contributed by atoms with van der Waals surface area (Å²) in [5.41, 5.74) is 0.